The Morgan fingerprint density at radius 1 is 1.00 bits per heavy atom. The van der Waals surface area contributed by atoms with Crippen molar-refractivity contribution in [1.82, 2.24) is 20.1 Å². The SMILES string of the molecule is CN=C(NCc1cccc(CN2CCOCC2)c1)N1CCN(c2ccccn2)CC1.I. The maximum Gasteiger partial charge on any atom is 0.194 e. The Balaban J connectivity index is 0.00000272. The molecule has 2 saturated heterocycles. The number of halogens is 1. The molecule has 0 bridgehead atoms. The summed E-state index contributed by atoms with van der Waals surface area (Å²) in [6.45, 7) is 9.25. The van der Waals surface area contributed by atoms with Crippen LogP contribution < -0.4 is 10.2 Å². The van der Waals surface area contributed by atoms with Gasteiger partial charge in [0.25, 0.3) is 0 Å². The van der Waals surface area contributed by atoms with Crippen LogP contribution in [-0.4, -0.2) is 80.3 Å². The second-order valence-corrected chi connectivity index (χ2v) is 7.77. The molecule has 1 aromatic heterocycles. The van der Waals surface area contributed by atoms with E-state index in [4.69, 9.17) is 4.74 Å². The Bertz CT molecular complexity index is 820. The number of nitrogens with one attached hydrogen (secondary N) is 1. The van der Waals surface area contributed by atoms with Crippen molar-refractivity contribution in [2.45, 2.75) is 13.1 Å². The lowest BCUT2D eigenvalue weighted by atomic mass is 10.1. The first-order valence-corrected chi connectivity index (χ1v) is 10.8. The molecule has 2 aliphatic rings. The summed E-state index contributed by atoms with van der Waals surface area (Å²) in [5.74, 6) is 2.02. The van der Waals surface area contributed by atoms with Crippen molar-refractivity contribution in [3.05, 3.63) is 59.8 Å². The fourth-order valence-corrected chi connectivity index (χ4v) is 4.06. The van der Waals surface area contributed by atoms with E-state index in [1.165, 1.54) is 11.1 Å². The van der Waals surface area contributed by atoms with Gasteiger partial charge >= 0.3 is 0 Å². The minimum absolute atomic E-state index is 0. The number of hydrogen-bond donors (Lipinski definition) is 1. The molecule has 3 heterocycles. The third-order valence-electron chi connectivity index (χ3n) is 5.72. The Kier molecular flexibility index (Phi) is 9.35. The number of pyridine rings is 1. The van der Waals surface area contributed by atoms with Crippen LogP contribution in [0.15, 0.2) is 53.7 Å². The summed E-state index contributed by atoms with van der Waals surface area (Å²) in [6.07, 6.45) is 1.86. The molecule has 4 rings (SSSR count). The van der Waals surface area contributed by atoms with Crippen LogP contribution >= 0.6 is 24.0 Å². The van der Waals surface area contributed by atoms with E-state index in [-0.39, 0.29) is 24.0 Å². The molecule has 7 nitrogen and oxygen atoms in total. The van der Waals surface area contributed by atoms with E-state index in [1.807, 2.05) is 25.4 Å². The van der Waals surface area contributed by atoms with Crippen molar-refractivity contribution in [3.8, 4) is 0 Å². The molecular weight excluding hydrogens is 503 g/mol. The highest BCUT2D eigenvalue weighted by molar-refractivity contribution is 14.0. The molecule has 0 spiro atoms. The molecule has 0 amide bonds. The number of benzene rings is 1. The number of ether oxygens (including phenoxy) is 1. The van der Waals surface area contributed by atoms with E-state index in [9.17, 15) is 0 Å². The van der Waals surface area contributed by atoms with Crippen molar-refractivity contribution in [2.24, 2.45) is 4.99 Å². The standard InChI is InChI=1S/C23H32N6O.HI/c1-24-23(29-11-9-28(10-12-29)22-7-2-3-8-25-22)26-18-20-5-4-6-21(17-20)19-27-13-15-30-16-14-27;/h2-8,17H,9-16,18-19H2,1H3,(H,24,26);1H. The maximum absolute atomic E-state index is 5.45. The zero-order valence-corrected chi connectivity index (χ0v) is 20.6. The summed E-state index contributed by atoms with van der Waals surface area (Å²) in [4.78, 5) is 16.1. The number of anilines is 1. The summed E-state index contributed by atoms with van der Waals surface area (Å²) in [6, 6.07) is 14.9. The van der Waals surface area contributed by atoms with Gasteiger partial charge in [0.15, 0.2) is 5.96 Å². The molecular formula is C23H33IN6O. The van der Waals surface area contributed by atoms with E-state index in [1.54, 1.807) is 0 Å². The molecule has 8 heteroatoms. The van der Waals surface area contributed by atoms with Gasteiger partial charge in [0.05, 0.1) is 13.2 Å². The lowest BCUT2D eigenvalue weighted by molar-refractivity contribution is 0.0342. The summed E-state index contributed by atoms with van der Waals surface area (Å²) < 4.78 is 5.45. The highest BCUT2D eigenvalue weighted by Gasteiger charge is 2.20. The minimum atomic E-state index is 0. The molecule has 0 unspecified atom stereocenters. The Morgan fingerprint density at radius 3 is 2.48 bits per heavy atom. The maximum atomic E-state index is 5.45. The number of hydrogen-bond acceptors (Lipinski definition) is 5. The van der Waals surface area contributed by atoms with Gasteiger partial charge < -0.3 is 19.9 Å². The molecule has 0 atom stereocenters. The molecule has 1 N–H and O–H groups in total. The van der Waals surface area contributed by atoms with Crippen LogP contribution in [0.2, 0.25) is 0 Å². The first-order chi connectivity index (χ1) is 14.8. The Hall–Kier alpha value is -1.91. The van der Waals surface area contributed by atoms with Crippen molar-refractivity contribution in [1.29, 1.82) is 0 Å². The van der Waals surface area contributed by atoms with E-state index in [0.29, 0.717) is 0 Å². The van der Waals surface area contributed by atoms with Crippen LogP contribution in [0.4, 0.5) is 5.82 Å². The number of morpholine rings is 1. The zero-order chi connectivity index (χ0) is 20.6. The van der Waals surface area contributed by atoms with Crippen molar-refractivity contribution in [3.63, 3.8) is 0 Å². The number of piperazine rings is 1. The van der Waals surface area contributed by atoms with Crippen molar-refractivity contribution in [2.75, 3.05) is 64.4 Å². The van der Waals surface area contributed by atoms with Gasteiger partial charge in [-0.3, -0.25) is 9.89 Å². The second kappa shape index (κ2) is 12.2. The van der Waals surface area contributed by atoms with Gasteiger partial charge in [-0.1, -0.05) is 30.3 Å². The number of aromatic nitrogens is 1. The van der Waals surface area contributed by atoms with Crippen molar-refractivity contribution < 1.29 is 4.74 Å². The van der Waals surface area contributed by atoms with Gasteiger partial charge in [0, 0.05) is 65.6 Å². The molecule has 2 aromatic rings. The highest BCUT2D eigenvalue weighted by Crippen LogP contribution is 2.13. The van der Waals surface area contributed by atoms with E-state index >= 15 is 0 Å². The number of nitrogens with zero attached hydrogens (tertiary/aromatic N) is 5. The predicted molar refractivity (Wildman–Crippen MR) is 136 cm³/mol. The fourth-order valence-electron chi connectivity index (χ4n) is 4.06. The molecule has 0 saturated carbocycles. The second-order valence-electron chi connectivity index (χ2n) is 7.77. The predicted octanol–water partition coefficient (Wildman–Crippen LogP) is 2.43. The summed E-state index contributed by atoms with van der Waals surface area (Å²) >= 11 is 0. The highest BCUT2D eigenvalue weighted by atomic mass is 127. The summed E-state index contributed by atoms with van der Waals surface area (Å²) in [5, 5.41) is 3.55. The van der Waals surface area contributed by atoms with E-state index in [0.717, 1.165) is 77.3 Å². The molecule has 1 aromatic carbocycles. The fraction of sp³-hybridized carbons (Fsp3) is 0.478. The van der Waals surface area contributed by atoms with Gasteiger partial charge in [-0.2, -0.15) is 0 Å². The zero-order valence-electron chi connectivity index (χ0n) is 18.2. The largest absolute Gasteiger partial charge is 0.379 e. The van der Waals surface area contributed by atoms with Gasteiger partial charge in [0.1, 0.15) is 5.82 Å². The molecule has 0 radical (unpaired) electrons. The molecule has 0 aliphatic carbocycles. The lowest BCUT2D eigenvalue weighted by Crippen LogP contribution is -2.52. The topological polar surface area (TPSA) is 56.2 Å². The number of aliphatic imine (C=N–C) groups is 1. The summed E-state index contributed by atoms with van der Waals surface area (Å²) in [7, 11) is 1.86. The minimum Gasteiger partial charge on any atom is -0.379 e. The molecule has 2 aliphatic heterocycles. The number of guanidine groups is 1. The van der Waals surface area contributed by atoms with Crippen LogP contribution in [0.5, 0.6) is 0 Å². The average Bonchev–Trinajstić information content (AvgIpc) is 2.81. The molecule has 31 heavy (non-hydrogen) atoms. The van der Waals surface area contributed by atoms with Gasteiger partial charge in [-0.25, -0.2) is 4.98 Å². The number of rotatable bonds is 5. The van der Waals surface area contributed by atoms with Gasteiger partial charge in [0.2, 0.25) is 0 Å². The van der Waals surface area contributed by atoms with Gasteiger partial charge in [-0.05, 0) is 23.3 Å². The average molecular weight is 536 g/mol. The first-order valence-electron chi connectivity index (χ1n) is 10.8. The van der Waals surface area contributed by atoms with Crippen LogP contribution in [-0.2, 0) is 17.8 Å². The van der Waals surface area contributed by atoms with Gasteiger partial charge in [-0.15, -0.1) is 24.0 Å². The van der Waals surface area contributed by atoms with Crippen LogP contribution in [0.25, 0.3) is 0 Å². The molecule has 168 valence electrons. The summed E-state index contributed by atoms with van der Waals surface area (Å²) in [5.41, 5.74) is 2.64. The van der Waals surface area contributed by atoms with Crippen molar-refractivity contribution >= 4 is 35.8 Å². The van der Waals surface area contributed by atoms with Crippen LogP contribution in [0.1, 0.15) is 11.1 Å². The van der Waals surface area contributed by atoms with E-state index < -0.39 is 0 Å². The monoisotopic (exact) mass is 536 g/mol. The third kappa shape index (κ3) is 6.78. The normalized spacial score (nSPS) is 17.9. The quantitative estimate of drug-likeness (QED) is 0.360. The Morgan fingerprint density at radius 2 is 1.77 bits per heavy atom. The van der Waals surface area contributed by atoms with Crippen LogP contribution in [0, 0.1) is 0 Å². The van der Waals surface area contributed by atoms with Crippen LogP contribution in [0.3, 0.4) is 0 Å². The third-order valence-corrected chi connectivity index (χ3v) is 5.72. The lowest BCUT2D eigenvalue weighted by Gasteiger charge is -2.37. The first kappa shape index (κ1) is 23.7. The van der Waals surface area contributed by atoms with E-state index in [2.05, 4.69) is 60.3 Å². The Labute approximate surface area is 202 Å². The molecule has 2 fully saturated rings. The smallest absolute Gasteiger partial charge is 0.194 e.